The predicted octanol–water partition coefficient (Wildman–Crippen LogP) is 2.93. The molecule has 2 amide bonds. The molecule has 1 N–H and O–H groups in total. The summed E-state index contributed by atoms with van der Waals surface area (Å²) in [4.78, 5) is 35.2. The minimum absolute atomic E-state index is 0.0500. The van der Waals surface area contributed by atoms with Gasteiger partial charge in [-0.05, 0) is 37.1 Å². The van der Waals surface area contributed by atoms with Crippen LogP contribution in [0.25, 0.3) is 11.0 Å². The van der Waals surface area contributed by atoms with E-state index in [-0.39, 0.29) is 23.4 Å². The molecular weight excluding hydrogens is 380 g/mol. The smallest absolute Gasteiger partial charge is 0.263 e. The Bertz CT molecular complexity index is 1150. The molecule has 0 saturated carbocycles. The van der Waals surface area contributed by atoms with Gasteiger partial charge in [-0.25, -0.2) is 4.98 Å². The lowest BCUT2D eigenvalue weighted by atomic mass is 10.0. The van der Waals surface area contributed by atoms with Crippen molar-refractivity contribution < 1.29 is 9.59 Å². The van der Waals surface area contributed by atoms with Crippen molar-refractivity contribution in [3.8, 4) is 6.07 Å². The number of anilines is 1. The number of hydrogen-bond donors (Lipinski definition) is 1. The van der Waals surface area contributed by atoms with E-state index in [1.807, 2.05) is 34.9 Å². The van der Waals surface area contributed by atoms with E-state index in [2.05, 4.69) is 21.9 Å². The standard InChI is InChI=1S/C22H20N6O2/c1-15(13-23)21(30)27-11-8-17(9-12-27)28-19-7-3-2-6-18(19)25-22(28)26-20(29)16-5-4-10-24-14-16/h2-7,10,14,17H,1,8-9,11-12H2,(H,25,26,29). The first-order valence-electron chi connectivity index (χ1n) is 9.65. The van der Waals surface area contributed by atoms with E-state index in [9.17, 15) is 9.59 Å². The lowest BCUT2D eigenvalue weighted by molar-refractivity contribution is -0.127. The number of nitrogens with one attached hydrogen (secondary N) is 1. The zero-order valence-electron chi connectivity index (χ0n) is 16.3. The first-order valence-corrected chi connectivity index (χ1v) is 9.65. The van der Waals surface area contributed by atoms with Crippen LogP contribution >= 0.6 is 0 Å². The highest BCUT2D eigenvalue weighted by Gasteiger charge is 2.28. The third kappa shape index (κ3) is 3.65. The second kappa shape index (κ2) is 8.17. The number of hydrogen-bond acceptors (Lipinski definition) is 5. The molecule has 1 fully saturated rings. The molecule has 0 radical (unpaired) electrons. The third-order valence-electron chi connectivity index (χ3n) is 5.25. The number of imidazole rings is 1. The van der Waals surface area contributed by atoms with Crippen LogP contribution in [0.2, 0.25) is 0 Å². The van der Waals surface area contributed by atoms with Crippen molar-refractivity contribution in [1.29, 1.82) is 5.26 Å². The molecule has 0 spiro atoms. The molecule has 0 bridgehead atoms. The molecule has 8 heteroatoms. The average Bonchev–Trinajstić information content (AvgIpc) is 3.16. The minimum atomic E-state index is -0.323. The molecule has 1 saturated heterocycles. The van der Waals surface area contributed by atoms with Gasteiger partial charge in [0, 0.05) is 31.5 Å². The number of aromatic nitrogens is 3. The fourth-order valence-electron chi connectivity index (χ4n) is 3.74. The van der Waals surface area contributed by atoms with Gasteiger partial charge in [0.1, 0.15) is 11.6 Å². The van der Waals surface area contributed by atoms with Gasteiger partial charge in [-0.15, -0.1) is 0 Å². The largest absolute Gasteiger partial charge is 0.338 e. The highest BCUT2D eigenvalue weighted by molar-refractivity contribution is 6.04. The number of nitrogens with zero attached hydrogens (tertiary/aromatic N) is 5. The maximum atomic E-state index is 12.7. The van der Waals surface area contributed by atoms with Gasteiger partial charge in [-0.3, -0.25) is 19.9 Å². The molecule has 0 unspecified atom stereocenters. The van der Waals surface area contributed by atoms with Gasteiger partial charge in [0.05, 0.1) is 16.6 Å². The SMILES string of the molecule is C=C(C#N)C(=O)N1CCC(n2c(NC(=O)c3cccnc3)nc3ccccc32)CC1. The molecule has 150 valence electrons. The van der Waals surface area contributed by atoms with Crippen LogP contribution in [0.1, 0.15) is 29.2 Å². The van der Waals surface area contributed by atoms with Crippen molar-refractivity contribution in [3.63, 3.8) is 0 Å². The zero-order valence-corrected chi connectivity index (χ0v) is 16.3. The molecule has 30 heavy (non-hydrogen) atoms. The van der Waals surface area contributed by atoms with Gasteiger partial charge in [-0.1, -0.05) is 18.7 Å². The Hall–Kier alpha value is -3.99. The first-order chi connectivity index (χ1) is 14.6. The summed E-state index contributed by atoms with van der Waals surface area (Å²) in [6.45, 7) is 4.53. The number of amides is 2. The normalized spacial score (nSPS) is 14.3. The number of rotatable bonds is 4. The summed E-state index contributed by atoms with van der Waals surface area (Å²) in [6, 6.07) is 13.0. The minimum Gasteiger partial charge on any atom is -0.338 e. The fraction of sp³-hybridized carbons (Fsp3) is 0.227. The molecule has 1 aliphatic heterocycles. The van der Waals surface area contributed by atoms with Gasteiger partial charge in [-0.2, -0.15) is 5.26 Å². The van der Waals surface area contributed by atoms with Crippen LogP contribution in [-0.4, -0.2) is 44.3 Å². The van der Waals surface area contributed by atoms with Gasteiger partial charge >= 0.3 is 0 Å². The number of carbonyl (C=O) groups is 2. The third-order valence-corrected chi connectivity index (χ3v) is 5.25. The van der Waals surface area contributed by atoms with E-state index in [4.69, 9.17) is 5.26 Å². The molecule has 4 rings (SSSR count). The summed E-state index contributed by atoms with van der Waals surface area (Å²) < 4.78 is 2.03. The number of likely N-dealkylation sites (tertiary alicyclic amines) is 1. The monoisotopic (exact) mass is 400 g/mol. The Balaban J connectivity index is 1.60. The Kier molecular flexibility index (Phi) is 5.26. The van der Waals surface area contributed by atoms with Gasteiger partial charge in [0.15, 0.2) is 0 Å². The van der Waals surface area contributed by atoms with E-state index >= 15 is 0 Å². The van der Waals surface area contributed by atoms with E-state index < -0.39 is 0 Å². The maximum absolute atomic E-state index is 12.7. The number of para-hydroxylation sites is 2. The molecule has 1 aliphatic rings. The summed E-state index contributed by atoms with van der Waals surface area (Å²) in [5, 5.41) is 11.8. The predicted molar refractivity (Wildman–Crippen MR) is 112 cm³/mol. The van der Waals surface area contributed by atoms with Crippen LogP contribution < -0.4 is 5.32 Å². The molecular formula is C22H20N6O2. The lowest BCUT2D eigenvalue weighted by Gasteiger charge is -2.33. The van der Waals surface area contributed by atoms with Crippen molar-refractivity contribution in [2.75, 3.05) is 18.4 Å². The van der Waals surface area contributed by atoms with Crippen molar-refractivity contribution in [3.05, 3.63) is 66.5 Å². The molecule has 1 aromatic carbocycles. The number of nitriles is 1. The summed E-state index contributed by atoms with van der Waals surface area (Å²) in [7, 11) is 0. The molecule has 3 heterocycles. The van der Waals surface area contributed by atoms with E-state index in [1.165, 1.54) is 6.20 Å². The maximum Gasteiger partial charge on any atom is 0.263 e. The van der Waals surface area contributed by atoms with Crippen LogP contribution in [0.5, 0.6) is 0 Å². The summed E-state index contributed by atoms with van der Waals surface area (Å²) in [5.74, 6) is -0.134. The van der Waals surface area contributed by atoms with Crippen LogP contribution in [0.15, 0.2) is 60.9 Å². The topological polar surface area (TPSA) is 104 Å². The highest BCUT2D eigenvalue weighted by Crippen LogP contribution is 2.31. The van der Waals surface area contributed by atoms with Crippen LogP contribution in [0.4, 0.5) is 5.95 Å². The molecule has 8 nitrogen and oxygen atoms in total. The Morgan fingerprint density at radius 1 is 1.17 bits per heavy atom. The van der Waals surface area contributed by atoms with Crippen molar-refractivity contribution in [2.45, 2.75) is 18.9 Å². The van der Waals surface area contributed by atoms with Gasteiger partial charge in [0.2, 0.25) is 5.95 Å². The summed E-state index contributed by atoms with van der Waals surface area (Å²) in [6.07, 6.45) is 4.48. The van der Waals surface area contributed by atoms with Crippen LogP contribution in [0.3, 0.4) is 0 Å². The summed E-state index contributed by atoms with van der Waals surface area (Å²) in [5.41, 5.74) is 2.11. The van der Waals surface area contributed by atoms with Crippen LogP contribution in [-0.2, 0) is 4.79 Å². The number of piperidine rings is 1. The molecule has 3 aromatic rings. The first kappa shape index (κ1) is 19.3. The van der Waals surface area contributed by atoms with E-state index in [0.717, 1.165) is 11.0 Å². The molecule has 0 aliphatic carbocycles. The van der Waals surface area contributed by atoms with E-state index in [0.29, 0.717) is 37.4 Å². The molecule has 0 atom stereocenters. The van der Waals surface area contributed by atoms with Crippen molar-refractivity contribution in [2.24, 2.45) is 0 Å². The average molecular weight is 400 g/mol. The second-order valence-electron chi connectivity index (χ2n) is 7.10. The van der Waals surface area contributed by atoms with Gasteiger partial charge in [0.25, 0.3) is 11.8 Å². The Morgan fingerprint density at radius 2 is 1.93 bits per heavy atom. The highest BCUT2D eigenvalue weighted by atomic mass is 16.2. The number of carbonyl (C=O) groups excluding carboxylic acids is 2. The Morgan fingerprint density at radius 3 is 2.63 bits per heavy atom. The van der Waals surface area contributed by atoms with E-state index in [1.54, 1.807) is 23.2 Å². The number of benzene rings is 1. The molecule has 2 aromatic heterocycles. The van der Waals surface area contributed by atoms with Crippen molar-refractivity contribution >= 4 is 28.8 Å². The van der Waals surface area contributed by atoms with Crippen LogP contribution in [0, 0.1) is 11.3 Å². The fourth-order valence-corrected chi connectivity index (χ4v) is 3.74. The van der Waals surface area contributed by atoms with Crippen molar-refractivity contribution in [1.82, 2.24) is 19.4 Å². The Labute approximate surface area is 173 Å². The lowest BCUT2D eigenvalue weighted by Crippen LogP contribution is -2.39. The zero-order chi connectivity index (χ0) is 21.1. The summed E-state index contributed by atoms with van der Waals surface area (Å²) >= 11 is 0. The second-order valence-corrected chi connectivity index (χ2v) is 7.10. The number of fused-ring (bicyclic) bond motifs is 1. The number of pyridine rings is 1. The quantitative estimate of drug-likeness (QED) is 0.536. The van der Waals surface area contributed by atoms with Gasteiger partial charge < -0.3 is 9.47 Å².